The molecule has 154 valence electrons. The molecule has 3 aromatic rings. The molecule has 1 heterocycles. The van der Waals surface area contributed by atoms with Gasteiger partial charge in [-0.1, -0.05) is 11.2 Å². The Bertz CT molecular complexity index is 1140. The van der Waals surface area contributed by atoms with Crippen molar-refractivity contribution in [2.75, 3.05) is 6.26 Å². The molecule has 6 nitrogen and oxygen atoms in total. The SMILES string of the molecule is CS(=O)(=O)c1ccc(-c2c(-c3ccc(OC(F)(F)F)cc3)noc2CO)cc1F. The molecule has 1 N–H and O–H groups in total. The highest BCUT2D eigenvalue weighted by molar-refractivity contribution is 7.90. The van der Waals surface area contributed by atoms with E-state index in [2.05, 4.69) is 9.89 Å². The average molecular weight is 431 g/mol. The first-order valence-corrected chi connectivity index (χ1v) is 9.84. The van der Waals surface area contributed by atoms with Gasteiger partial charge in [0.1, 0.15) is 28.8 Å². The number of ether oxygens (including phenoxy) is 1. The maximum absolute atomic E-state index is 14.3. The van der Waals surface area contributed by atoms with E-state index in [1.165, 1.54) is 18.2 Å². The summed E-state index contributed by atoms with van der Waals surface area (Å²) in [4.78, 5) is -0.501. The van der Waals surface area contributed by atoms with Crippen molar-refractivity contribution in [1.29, 1.82) is 0 Å². The van der Waals surface area contributed by atoms with Gasteiger partial charge in [-0.3, -0.25) is 0 Å². The highest BCUT2D eigenvalue weighted by atomic mass is 32.2. The third-order valence-corrected chi connectivity index (χ3v) is 5.02. The van der Waals surface area contributed by atoms with Gasteiger partial charge in [-0.05, 0) is 42.0 Å². The second-order valence-corrected chi connectivity index (χ2v) is 7.96. The van der Waals surface area contributed by atoms with Crippen molar-refractivity contribution < 1.29 is 40.3 Å². The van der Waals surface area contributed by atoms with Crippen molar-refractivity contribution in [3.05, 3.63) is 54.0 Å². The second kappa shape index (κ2) is 7.48. The number of hydrogen-bond acceptors (Lipinski definition) is 6. The van der Waals surface area contributed by atoms with Crippen molar-refractivity contribution in [1.82, 2.24) is 5.16 Å². The van der Waals surface area contributed by atoms with Crippen LogP contribution in [0.2, 0.25) is 0 Å². The Morgan fingerprint density at radius 2 is 1.72 bits per heavy atom. The van der Waals surface area contributed by atoms with E-state index >= 15 is 0 Å². The van der Waals surface area contributed by atoms with Gasteiger partial charge in [-0.25, -0.2) is 12.8 Å². The maximum Gasteiger partial charge on any atom is 0.573 e. The van der Waals surface area contributed by atoms with Gasteiger partial charge < -0.3 is 14.4 Å². The van der Waals surface area contributed by atoms with E-state index in [9.17, 15) is 31.1 Å². The van der Waals surface area contributed by atoms with Crippen LogP contribution in [0.5, 0.6) is 5.75 Å². The van der Waals surface area contributed by atoms with Gasteiger partial charge in [0.05, 0.1) is 5.56 Å². The molecule has 0 unspecified atom stereocenters. The molecule has 3 rings (SSSR count). The lowest BCUT2D eigenvalue weighted by Crippen LogP contribution is -2.16. The third-order valence-electron chi connectivity index (χ3n) is 3.89. The lowest BCUT2D eigenvalue weighted by Gasteiger charge is -2.09. The number of aromatic nitrogens is 1. The zero-order valence-corrected chi connectivity index (χ0v) is 15.5. The normalized spacial score (nSPS) is 12.2. The van der Waals surface area contributed by atoms with E-state index in [1.54, 1.807) is 0 Å². The molecule has 0 bridgehead atoms. The summed E-state index contributed by atoms with van der Waals surface area (Å²) in [5.74, 6) is -1.48. The number of rotatable bonds is 5. The number of nitrogens with zero attached hydrogens (tertiary/aromatic N) is 1. The number of hydrogen-bond donors (Lipinski definition) is 1. The van der Waals surface area contributed by atoms with E-state index in [-0.39, 0.29) is 22.6 Å². The zero-order valence-electron chi connectivity index (χ0n) is 14.7. The fraction of sp³-hybridized carbons (Fsp3) is 0.167. The first-order chi connectivity index (χ1) is 13.5. The molecule has 0 aliphatic carbocycles. The Balaban J connectivity index is 2.06. The molecule has 0 aliphatic rings. The predicted molar refractivity (Wildman–Crippen MR) is 93.0 cm³/mol. The second-order valence-electron chi connectivity index (χ2n) is 5.98. The highest BCUT2D eigenvalue weighted by Gasteiger charge is 2.31. The topological polar surface area (TPSA) is 89.6 Å². The van der Waals surface area contributed by atoms with Crippen LogP contribution in [0, 0.1) is 5.82 Å². The Hall–Kier alpha value is -2.92. The first kappa shape index (κ1) is 20.8. The molecule has 0 radical (unpaired) electrons. The number of halogens is 4. The van der Waals surface area contributed by atoms with Crippen LogP contribution in [0.1, 0.15) is 5.76 Å². The largest absolute Gasteiger partial charge is 0.573 e. The molecule has 2 aromatic carbocycles. The van der Waals surface area contributed by atoms with Crippen LogP contribution in [0.15, 0.2) is 51.9 Å². The number of benzene rings is 2. The van der Waals surface area contributed by atoms with Crippen molar-refractivity contribution in [2.45, 2.75) is 17.9 Å². The fourth-order valence-electron chi connectivity index (χ4n) is 2.70. The lowest BCUT2D eigenvalue weighted by molar-refractivity contribution is -0.274. The van der Waals surface area contributed by atoms with E-state index in [1.807, 2.05) is 0 Å². The van der Waals surface area contributed by atoms with Crippen molar-refractivity contribution in [3.63, 3.8) is 0 Å². The van der Waals surface area contributed by atoms with Crippen LogP contribution in [0.4, 0.5) is 17.6 Å². The summed E-state index contributed by atoms with van der Waals surface area (Å²) in [6, 6.07) is 8.02. The number of alkyl halides is 3. The van der Waals surface area contributed by atoms with Gasteiger partial charge in [0, 0.05) is 11.8 Å². The zero-order chi connectivity index (χ0) is 21.4. The van der Waals surface area contributed by atoms with E-state index in [4.69, 9.17) is 4.52 Å². The van der Waals surface area contributed by atoms with Gasteiger partial charge in [0.25, 0.3) is 0 Å². The van der Waals surface area contributed by atoms with Crippen LogP contribution in [0.3, 0.4) is 0 Å². The molecule has 1 aromatic heterocycles. The first-order valence-electron chi connectivity index (χ1n) is 7.95. The van der Waals surface area contributed by atoms with Crippen LogP contribution in [-0.2, 0) is 16.4 Å². The summed E-state index contributed by atoms with van der Waals surface area (Å²) in [5, 5.41) is 13.3. The molecule has 0 atom stereocenters. The van der Waals surface area contributed by atoms with Gasteiger partial charge in [0.2, 0.25) is 0 Å². The molecular weight excluding hydrogens is 418 g/mol. The van der Waals surface area contributed by atoms with Crippen molar-refractivity contribution in [2.24, 2.45) is 0 Å². The van der Waals surface area contributed by atoms with Gasteiger partial charge in [-0.2, -0.15) is 0 Å². The number of sulfone groups is 1. The van der Waals surface area contributed by atoms with Crippen LogP contribution in [0.25, 0.3) is 22.4 Å². The van der Waals surface area contributed by atoms with Crippen LogP contribution in [-0.4, -0.2) is 31.3 Å². The monoisotopic (exact) mass is 431 g/mol. The summed E-state index contributed by atoms with van der Waals surface area (Å²) in [6.45, 7) is -0.590. The van der Waals surface area contributed by atoms with E-state index < -0.39 is 39.3 Å². The molecular formula is C18H13F4NO5S. The highest BCUT2D eigenvalue weighted by Crippen LogP contribution is 2.36. The van der Waals surface area contributed by atoms with Gasteiger partial charge >= 0.3 is 6.36 Å². The Morgan fingerprint density at radius 1 is 1.10 bits per heavy atom. The van der Waals surface area contributed by atoms with Gasteiger partial charge in [-0.15, -0.1) is 13.2 Å². The molecule has 0 amide bonds. The quantitative estimate of drug-likeness (QED) is 0.616. The minimum Gasteiger partial charge on any atom is -0.406 e. The Kier molecular flexibility index (Phi) is 5.37. The standard InChI is InChI=1S/C18H13F4NO5S/c1-29(25,26)15-7-4-11(8-13(15)19)16-14(9-24)28-23-17(16)10-2-5-12(6-3-10)27-18(20,21)22/h2-8,24H,9H2,1H3. The lowest BCUT2D eigenvalue weighted by atomic mass is 9.99. The number of aliphatic hydroxyl groups excluding tert-OH is 1. The number of aliphatic hydroxyl groups is 1. The fourth-order valence-corrected chi connectivity index (χ4v) is 3.43. The molecule has 0 spiro atoms. The summed E-state index contributed by atoms with van der Waals surface area (Å²) >= 11 is 0. The van der Waals surface area contributed by atoms with Gasteiger partial charge in [0.15, 0.2) is 15.6 Å². The molecule has 29 heavy (non-hydrogen) atoms. The molecule has 0 saturated carbocycles. The third kappa shape index (κ3) is 4.57. The van der Waals surface area contributed by atoms with Crippen LogP contribution >= 0.6 is 0 Å². The van der Waals surface area contributed by atoms with Crippen molar-refractivity contribution >= 4 is 9.84 Å². The Labute approximate surface area is 162 Å². The summed E-state index contributed by atoms with van der Waals surface area (Å²) in [7, 11) is -3.79. The molecule has 0 fully saturated rings. The summed E-state index contributed by atoms with van der Waals surface area (Å²) < 4.78 is 83.2. The minimum absolute atomic E-state index is 0.0258. The maximum atomic E-state index is 14.3. The predicted octanol–water partition coefficient (Wildman–Crippen LogP) is 3.94. The van der Waals surface area contributed by atoms with E-state index in [0.29, 0.717) is 5.56 Å². The van der Waals surface area contributed by atoms with Crippen LogP contribution < -0.4 is 4.74 Å². The van der Waals surface area contributed by atoms with Crippen molar-refractivity contribution in [3.8, 4) is 28.1 Å². The summed E-state index contributed by atoms with van der Waals surface area (Å²) in [6.07, 6.45) is -3.98. The molecule has 0 aliphatic heterocycles. The summed E-state index contributed by atoms with van der Waals surface area (Å²) in [5.41, 5.74) is 0.784. The minimum atomic E-state index is -4.84. The smallest absolute Gasteiger partial charge is 0.406 e. The molecule has 0 saturated heterocycles. The van der Waals surface area contributed by atoms with E-state index in [0.717, 1.165) is 30.5 Å². The molecule has 11 heteroatoms. The Morgan fingerprint density at radius 3 is 2.24 bits per heavy atom. The average Bonchev–Trinajstić information content (AvgIpc) is 3.04.